The van der Waals surface area contributed by atoms with Crippen LogP contribution in [0.2, 0.25) is 0 Å². The van der Waals surface area contributed by atoms with Crippen LogP contribution in [0, 0.1) is 0 Å². The number of hydrogen-bond acceptors (Lipinski definition) is 33. The van der Waals surface area contributed by atoms with E-state index in [0.717, 1.165) is 21.0 Å². The molecule has 0 bridgehead atoms. The van der Waals surface area contributed by atoms with Crippen LogP contribution >= 0.6 is 0 Å². The molecule has 0 saturated carbocycles. The summed E-state index contributed by atoms with van der Waals surface area (Å²) in [5.74, 6) is -1.90. The van der Waals surface area contributed by atoms with E-state index < -0.39 is 267 Å². The number of methoxy groups -OCH3 is 1. The molecule has 6 aliphatic rings. The Balaban J connectivity index is 1.31. The highest BCUT2D eigenvalue weighted by Gasteiger charge is 2.55. The summed E-state index contributed by atoms with van der Waals surface area (Å²) < 4.78 is 77.3. The van der Waals surface area contributed by atoms with Crippen molar-refractivity contribution in [3.63, 3.8) is 0 Å². The molecule has 36 nitrogen and oxygen atoms in total. The van der Waals surface area contributed by atoms with Crippen molar-refractivity contribution in [2.75, 3.05) is 53.4 Å². The number of hydrogen-bond donors (Lipinski definition) is 20. The van der Waals surface area contributed by atoms with Crippen LogP contribution in [-0.2, 0) is 76.0 Å². The van der Waals surface area contributed by atoms with Gasteiger partial charge in [-0.1, -0.05) is 0 Å². The lowest BCUT2D eigenvalue weighted by atomic mass is 9.92. The average molecular weight is 1260 g/mol. The Kier molecular flexibility index (Phi) is 27.7. The van der Waals surface area contributed by atoms with Gasteiger partial charge in [0.05, 0.1) is 82.2 Å². The zero-order valence-corrected chi connectivity index (χ0v) is 47.7. The minimum absolute atomic E-state index is 0.368. The molecule has 0 aromatic heterocycles. The molecule has 6 aliphatic heterocycles. The van der Waals surface area contributed by atoms with Gasteiger partial charge in [-0.25, -0.2) is 0 Å². The van der Waals surface area contributed by atoms with Crippen LogP contribution in [-0.4, -0.2) is 354 Å². The summed E-state index contributed by atoms with van der Waals surface area (Å²) in [5, 5.41) is 191. The van der Waals surface area contributed by atoms with Gasteiger partial charge in [-0.15, -0.1) is 0 Å². The normalized spacial score (nSPS) is 43.7. The lowest BCUT2D eigenvalue weighted by Crippen LogP contribution is -2.67. The number of aliphatic hydroxyl groups excluding tert-OH is 17. The van der Waals surface area contributed by atoms with Crippen molar-refractivity contribution in [3.8, 4) is 0 Å². The molecule has 0 radical (unpaired) electrons. The summed E-state index contributed by atoms with van der Waals surface area (Å²) in [7, 11) is 0.986. The van der Waals surface area contributed by atoms with Gasteiger partial charge in [0.2, 0.25) is 17.7 Å². The summed E-state index contributed by atoms with van der Waals surface area (Å²) in [5.41, 5.74) is 0. The number of nitrogens with one attached hydrogen (secondary N) is 3. The van der Waals surface area contributed by atoms with Gasteiger partial charge in [-0.05, 0) is 13.3 Å². The van der Waals surface area contributed by atoms with Crippen LogP contribution in [0.25, 0.3) is 0 Å². The first-order valence-corrected chi connectivity index (χ1v) is 28.1. The van der Waals surface area contributed by atoms with Gasteiger partial charge in [0.15, 0.2) is 37.7 Å². The molecule has 6 rings (SSSR count). The Bertz CT molecular complexity index is 2080. The lowest BCUT2D eigenvalue weighted by Gasteiger charge is -2.49. The molecule has 0 aromatic rings. The third kappa shape index (κ3) is 17.4. The fourth-order valence-electron chi connectivity index (χ4n) is 11.1. The summed E-state index contributed by atoms with van der Waals surface area (Å²) in [4.78, 5) is 37.5. The molecule has 3 amide bonds. The predicted molar refractivity (Wildman–Crippen MR) is 274 cm³/mol. The van der Waals surface area contributed by atoms with E-state index in [1.807, 2.05) is 0 Å². The van der Waals surface area contributed by atoms with Gasteiger partial charge in [0, 0.05) is 47.3 Å². The van der Waals surface area contributed by atoms with Crippen molar-refractivity contribution in [1.82, 2.24) is 16.0 Å². The third-order valence-corrected chi connectivity index (χ3v) is 15.6. The monoisotopic (exact) mass is 1260 g/mol. The summed E-state index contributed by atoms with van der Waals surface area (Å²) >= 11 is 0. The first kappa shape index (κ1) is 72.3. The number of ether oxygens (including phenoxy) is 13. The van der Waals surface area contributed by atoms with E-state index in [1.54, 1.807) is 6.92 Å². The summed E-state index contributed by atoms with van der Waals surface area (Å²) in [6, 6.07) is -3.67. The minimum Gasteiger partial charge on any atom is -0.396 e. The maximum absolute atomic E-state index is 12.7. The molecule has 36 heteroatoms. The van der Waals surface area contributed by atoms with Crippen LogP contribution in [0.4, 0.5) is 0 Å². The second-order valence-corrected chi connectivity index (χ2v) is 21.9. The highest BCUT2D eigenvalue weighted by atomic mass is 16.8. The molecule has 86 heavy (non-hydrogen) atoms. The molecule has 0 aromatic carbocycles. The van der Waals surface area contributed by atoms with Crippen LogP contribution in [0.3, 0.4) is 0 Å². The average Bonchev–Trinajstić information content (AvgIpc) is 2.16. The Morgan fingerprint density at radius 1 is 0.488 bits per heavy atom. The number of aliphatic hydroxyl groups is 17. The van der Waals surface area contributed by atoms with Crippen molar-refractivity contribution in [2.24, 2.45) is 0 Å². The molecule has 0 aliphatic carbocycles. The zero-order valence-electron chi connectivity index (χ0n) is 47.7. The Morgan fingerprint density at radius 3 is 1.45 bits per heavy atom. The van der Waals surface area contributed by atoms with Crippen molar-refractivity contribution in [3.05, 3.63) is 0 Å². The highest BCUT2D eigenvalue weighted by molar-refractivity contribution is 5.74. The second-order valence-electron chi connectivity index (χ2n) is 21.9. The van der Waals surface area contributed by atoms with Crippen LogP contribution in [0.15, 0.2) is 0 Å². The van der Waals surface area contributed by atoms with Crippen LogP contribution in [0.5, 0.6) is 0 Å². The van der Waals surface area contributed by atoms with Crippen molar-refractivity contribution in [2.45, 2.75) is 243 Å². The van der Waals surface area contributed by atoms with E-state index >= 15 is 0 Å². The zero-order chi connectivity index (χ0) is 63.6. The predicted octanol–water partition coefficient (Wildman–Crippen LogP) is -12.1. The maximum Gasteiger partial charge on any atom is 0.217 e. The SMILES string of the molecule is CO[C@H](OC1C(O)[C@H](O[C@H]2CC(NC(C)=O)[C@H](O[C@@H]3C(CO)O[C@@H](C)C(NC(C)=O)C3O)OC2CO)OC(CO[C@H]2OC(CO)[C@@H](O)C(O)C2O)[C@H]1O)C(O[C@@H]1OC(CO)[C@@H](O[C@@H]2OC(CO)[C@H](O)C(O)C2O)CC1NC(C)=O)C(O)[C@H](O)CCO. The fourth-order valence-corrected chi connectivity index (χ4v) is 11.1. The molecular weight excluding hydrogens is 1170 g/mol. The second kappa shape index (κ2) is 33.0. The number of carbonyl (C=O) groups is 3. The Hall–Kier alpha value is -2.79. The molecule has 20 N–H and O–H groups in total. The van der Waals surface area contributed by atoms with E-state index in [2.05, 4.69) is 16.0 Å². The first-order valence-electron chi connectivity index (χ1n) is 28.1. The van der Waals surface area contributed by atoms with Crippen molar-refractivity contribution >= 4 is 17.7 Å². The van der Waals surface area contributed by atoms with E-state index in [-0.39, 0.29) is 12.8 Å². The highest BCUT2D eigenvalue weighted by Crippen LogP contribution is 2.36. The van der Waals surface area contributed by atoms with E-state index in [0.29, 0.717) is 0 Å². The van der Waals surface area contributed by atoms with Crippen molar-refractivity contribution < 1.29 is 163 Å². The smallest absolute Gasteiger partial charge is 0.217 e. The first-order chi connectivity index (χ1) is 40.7. The number of rotatable bonds is 27. The fraction of sp³-hybridized carbons (Fsp3) is 0.940. The van der Waals surface area contributed by atoms with Gasteiger partial charge in [-0.3, -0.25) is 14.4 Å². The van der Waals surface area contributed by atoms with Gasteiger partial charge >= 0.3 is 0 Å². The molecule has 0 spiro atoms. The quantitative estimate of drug-likeness (QED) is 0.0340. The van der Waals surface area contributed by atoms with Gasteiger partial charge in [0.25, 0.3) is 0 Å². The molecule has 500 valence electrons. The van der Waals surface area contributed by atoms with Crippen molar-refractivity contribution in [1.29, 1.82) is 0 Å². The van der Waals surface area contributed by atoms with Gasteiger partial charge in [-0.2, -0.15) is 0 Å². The van der Waals surface area contributed by atoms with Crippen LogP contribution < -0.4 is 16.0 Å². The van der Waals surface area contributed by atoms with E-state index in [4.69, 9.17) is 61.6 Å². The van der Waals surface area contributed by atoms with Gasteiger partial charge in [0.1, 0.15) is 116 Å². The minimum atomic E-state index is -2.22. The third-order valence-electron chi connectivity index (χ3n) is 15.6. The summed E-state index contributed by atoms with van der Waals surface area (Å²) in [6.07, 6.45) is -51.7. The van der Waals surface area contributed by atoms with Crippen LogP contribution in [0.1, 0.15) is 47.0 Å². The molecular formula is C50H87N3O33. The number of amides is 3. The molecule has 6 saturated heterocycles. The van der Waals surface area contributed by atoms with E-state index in [9.17, 15) is 101 Å². The van der Waals surface area contributed by atoms with E-state index in [1.165, 1.54) is 6.92 Å². The maximum atomic E-state index is 12.7. The molecule has 32 atom stereocenters. The summed E-state index contributed by atoms with van der Waals surface area (Å²) in [6.45, 7) is -0.776. The van der Waals surface area contributed by atoms with Gasteiger partial charge < -0.3 is 164 Å². The standard InChI is InChI=1S/C50H87N3O33/c1-16-31(53-19(4)62)36(68)42(29(14-59)76-16)84-45-20(51-17(2)60)8-24(26(11-56)79-45)78-49-41(73)43(35(67)30(83-49)15-75-47-39(71)37(69)33(65)27(12-57)81-47)85-50(74-5)44(32(64)22(63)6-7-54)86-46-21(52-18(3)61)9-23(25(10-55)80-46)77-48-40(72)38(70)34(66)28(13-58)82-48/h16,20-50,54-59,63-73H,6-15H2,1-5H3,(H,51,60)(H,52,61)(H,53,62)/t16-,20?,21?,22+,23-,24-,25?,26?,27?,28?,29?,30?,31?,32?,33+,34-,35+,36?,37?,38?,39?,40?,41?,42+,43?,44?,45-,46-,47-,48+,49+,50+/m0/s1. The molecule has 6 heterocycles. The lowest BCUT2D eigenvalue weighted by molar-refractivity contribution is -0.374. The largest absolute Gasteiger partial charge is 0.396 e. The Labute approximate surface area is 492 Å². The topological polar surface area (TPSA) is 551 Å². The number of carbonyl (C=O) groups excluding carboxylic acids is 3. The Morgan fingerprint density at radius 2 is 0.953 bits per heavy atom. The molecule has 6 fully saturated rings. The molecule has 18 unspecified atom stereocenters.